The molecule has 0 saturated carbocycles. The number of ether oxygens (including phenoxy) is 1. The van der Waals surface area contributed by atoms with E-state index >= 15 is 0 Å². The Morgan fingerprint density at radius 2 is 2.10 bits per heavy atom. The van der Waals surface area contributed by atoms with Crippen molar-refractivity contribution in [2.24, 2.45) is 5.11 Å². The number of rotatable bonds is 8. The van der Waals surface area contributed by atoms with Crippen LogP contribution >= 0.6 is 0 Å². The maximum atomic E-state index is 12.9. The molecule has 1 aromatic carbocycles. The molecule has 0 radical (unpaired) electrons. The van der Waals surface area contributed by atoms with Crippen molar-refractivity contribution < 1.29 is 28.7 Å². The number of hydrogen-bond donors (Lipinski definition) is 2. The lowest BCUT2D eigenvalue weighted by Crippen LogP contribution is -2.54. The number of azide groups is 1. The van der Waals surface area contributed by atoms with E-state index in [0.29, 0.717) is 6.42 Å². The van der Waals surface area contributed by atoms with Gasteiger partial charge >= 0.3 is 0 Å². The van der Waals surface area contributed by atoms with Gasteiger partial charge in [0, 0.05) is 24.4 Å². The maximum Gasteiger partial charge on any atom is 0.266 e. The van der Waals surface area contributed by atoms with Crippen molar-refractivity contribution in [2.75, 3.05) is 19.7 Å². The summed E-state index contributed by atoms with van der Waals surface area (Å²) < 4.78 is 5.44. The molecule has 1 unspecified atom stereocenters. The van der Waals surface area contributed by atoms with E-state index in [9.17, 15) is 24.0 Å². The number of carbonyl (C=O) groups is 5. The number of imide groups is 2. The Hall–Kier alpha value is -3.92. The second-order valence-corrected chi connectivity index (χ2v) is 6.57. The molecular weight excluding hydrogens is 396 g/mol. The first kappa shape index (κ1) is 20.8. The lowest BCUT2D eigenvalue weighted by atomic mass is 10.0. The molecule has 2 aliphatic rings. The Morgan fingerprint density at radius 1 is 1.30 bits per heavy atom. The Bertz CT molecular complexity index is 970. The van der Waals surface area contributed by atoms with Gasteiger partial charge in [-0.1, -0.05) is 11.2 Å². The highest BCUT2D eigenvalue weighted by molar-refractivity contribution is 6.24. The molecule has 0 spiro atoms. The van der Waals surface area contributed by atoms with Crippen LogP contribution in [0.5, 0.6) is 5.75 Å². The lowest BCUT2D eigenvalue weighted by Gasteiger charge is -2.27. The number of hydrogen-bond acceptors (Lipinski definition) is 7. The average Bonchev–Trinajstić information content (AvgIpc) is 2.97. The van der Waals surface area contributed by atoms with E-state index in [1.165, 1.54) is 18.2 Å². The summed E-state index contributed by atoms with van der Waals surface area (Å²) in [5, 5.41) is 8.05. The van der Waals surface area contributed by atoms with Gasteiger partial charge in [0.1, 0.15) is 11.8 Å². The Kier molecular flexibility index (Phi) is 6.28. The number of fused-ring (bicyclic) bond motifs is 1. The minimum Gasteiger partial charge on any atom is -0.483 e. The molecule has 5 amide bonds. The topological polar surface area (TPSA) is 171 Å². The highest BCUT2D eigenvalue weighted by Crippen LogP contribution is 2.33. The average molecular weight is 414 g/mol. The van der Waals surface area contributed by atoms with Crippen molar-refractivity contribution in [3.05, 3.63) is 39.8 Å². The van der Waals surface area contributed by atoms with E-state index in [4.69, 9.17) is 10.3 Å². The minimum absolute atomic E-state index is 0.0209. The van der Waals surface area contributed by atoms with E-state index in [0.717, 1.165) is 4.90 Å². The Balaban J connectivity index is 1.68. The molecule has 1 aromatic rings. The van der Waals surface area contributed by atoms with Crippen LogP contribution < -0.4 is 15.4 Å². The first-order valence-corrected chi connectivity index (χ1v) is 9.19. The van der Waals surface area contributed by atoms with Gasteiger partial charge in [-0.05, 0) is 30.5 Å². The predicted octanol–water partition coefficient (Wildman–Crippen LogP) is 0.283. The van der Waals surface area contributed by atoms with Gasteiger partial charge in [0.25, 0.3) is 17.7 Å². The molecule has 12 heteroatoms. The quantitative estimate of drug-likeness (QED) is 0.203. The molecule has 2 heterocycles. The molecule has 3 rings (SSSR count). The number of carbonyl (C=O) groups excluding carboxylic acids is 5. The fourth-order valence-corrected chi connectivity index (χ4v) is 3.22. The smallest absolute Gasteiger partial charge is 0.266 e. The highest BCUT2D eigenvalue weighted by atomic mass is 16.5. The summed E-state index contributed by atoms with van der Waals surface area (Å²) >= 11 is 0. The van der Waals surface area contributed by atoms with E-state index in [1.54, 1.807) is 0 Å². The molecule has 2 aliphatic heterocycles. The molecule has 0 aromatic heterocycles. The van der Waals surface area contributed by atoms with Gasteiger partial charge in [-0.15, -0.1) is 0 Å². The standard InChI is InChI=1S/C18H18N6O6/c19-23-21-8-2-7-20-14(26)9-30-12-4-1-3-10-15(12)18(29)24(17(10)28)11-5-6-13(25)22-16(11)27/h1,3-4,11H,2,5-9H2,(H,20,26)(H,22,25,27). The highest BCUT2D eigenvalue weighted by Gasteiger charge is 2.46. The number of piperidine rings is 1. The second-order valence-electron chi connectivity index (χ2n) is 6.57. The van der Waals surface area contributed by atoms with Crippen LogP contribution in [0.25, 0.3) is 10.4 Å². The summed E-state index contributed by atoms with van der Waals surface area (Å²) in [7, 11) is 0. The molecule has 1 fully saturated rings. The number of nitrogens with one attached hydrogen (secondary N) is 2. The largest absolute Gasteiger partial charge is 0.483 e. The molecule has 2 N–H and O–H groups in total. The summed E-state index contributed by atoms with van der Waals surface area (Å²) in [6.45, 7) is 0.142. The van der Waals surface area contributed by atoms with Crippen molar-refractivity contribution in [3.63, 3.8) is 0 Å². The minimum atomic E-state index is -1.08. The Morgan fingerprint density at radius 3 is 2.83 bits per heavy atom. The van der Waals surface area contributed by atoms with Gasteiger partial charge in [-0.2, -0.15) is 0 Å². The number of nitrogens with zero attached hydrogens (tertiary/aromatic N) is 4. The summed E-state index contributed by atoms with van der Waals surface area (Å²) in [5.74, 6) is -2.94. The van der Waals surface area contributed by atoms with E-state index in [1.807, 2.05) is 0 Å². The number of benzene rings is 1. The molecule has 0 aliphatic carbocycles. The van der Waals surface area contributed by atoms with Gasteiger partial charge in [0.05, 0.1) is 11.1 Å². The summed E-state index contributed by atoms with van der Waals surface area (Å²) in [4.78, 5) is 64.4. The second kappa shape index (κ2) is 9.05. The molecule has 30 heavy (non-hydrogen) atoms. The van der Waals surface area contributed by atoms with Crippen LogP contribution in [0, 0.1) is 0 Å². The molecule has 1 saturated heterocycles. The first-order valence-electron chi connectivity index (χ1n) is 9.19. The lowest BCUT2D eigenvalue weighted by molar-refractivity contribution is -0.136. The normalized spacial score (nSPS) is 17.9. The first-order chi connectivity index (χ1) is 14.4. The summed E-state index contributed by atoms with van der Waals surface area (Å²) in [6, 6.07) is 3.31. The van der Waals surface area contributed by atoms with Gasteiger partial charge in [-0.3, -0.25) is 34.2 Å². The number of amides is 5. The zero-order chi connectivity index (χ0) is 21.7. The van der Waals surface area contributed by atoms with Gasteiger partial charge in [-0.25, -0.2) is 0 Å². The van der Waals surface area contributed by atoms with Crippen molar-refractivity contribution in [2.45, 2.75) is 25.3 Å². The van der Waals surface area contributed by atoms with Crippen LogP contribution in [0.3, 0.4) is 0 Å². The van der Waals surface area contributed by atoms with Crippen molar-refractivity contribution in [3.8, 4) is 5.75 Å². The third-order valence-corrected chi connectivity index (χ3v) is 4.61. The fraction of sp³-hybridized carbons (Fsp3) is 0.389. The van der Waals surface area contributed by atoms with Crippen LogP contribution in [0.2, 0.25) is 0 Å². The van der Waals surface area contributed by atoms with Gasteiger partial charge in [0.15, 0.2) is 6.61 Å². The third kappa shape index (κ3) is 4.23. The summed E-state index contributed by atoms with van der Waals surface area (Å²) in [6.07, 6.45) is 0.530. The zero-order valence-electron chi connectivity index (χ0n) is 15.8. The SMILES string of the molecule is [N-]=[N+]=NCCCNC(=O)COc1cccc2c1C(=O)N(C1CCC(=O)NC1=O)C2=O. The monoisotopic (exact) mass is 414 g/mol. The van der Waals surface area contributed by atoms with Crippen molar-refractivity contribution in [1.82, 2.24) is 15.5 Å². The fourth-order valence-electron chi connectivity index (χ4n) is 3.22. The molecule has 1 atom stereocenters. The van der Waals surface area contributed by atoms with E-state index in [-0.39, 0.29) is 42.8 Å². The van der Waals surface area contributed by atoms with Crippen molar-refractivity contribution in [1.29, 1.82) is 0 Å². The van der Waals surface area contributed by atoms with Gasteiger partial charge in [0.2, 0.25) is 11.8 Å². The molecule has 156 valence electrons. The van der Waals surface area contributed by atoms with Crippen LogP contribution in [0.4, 0.5) is 0 Å². The van der Waals surface area contributed by atoms with Crippen LogP contribution in [-0.4, -0.2) is 60.2 Å². The maximum absolute atomic E-state index is 12.9. The third-order valence-electron chi connectivity index (χ3n) is 4.61. The van der Waals surface area contributed by atoms with Gasteiger partial charge < -0.3 is 10.1 Å². The zero-order valence-corrected chi connectivity index (χ0v) is 15.8. The molecular formula is C18H18N6O6. The molecule has 0 bridgehead atoms. The molecule has 12 nitrogen and oxygen atoms in total. The van der Waals surface area contributed by atoms with Crippen LogP contribution in [-0.2, 0) is 14.4 Å². The van der Waals surface area contributed by atoms with Crippen LogP contribution in [0.15, 0.2) is 23.3 Å². The summed E-state index contributed by atoms with van der Waals surface area (Å²) in [5.41, 5.74) is 8.23. The van der Waals surface area contributed by atoms with E-state index in [2.05, 4.69) is 20.7 Å². The van der Waals surface area contributed by atoms with Crippen molar-refractivity contribution >= 4 is 29.5 Å². The Labute approximate surface area is 170 Å². The predicted molar refractivity (Wildman–Crippen MR) is 100 cm³/mol. The van der Waals surface area contributed by atoms with Crippen LogP contribution in [0.1, 0.15) is 40.0 Å². The van der Waals surface area contributed by atoms with E-state index < -0.39 is 42.2 Å².